The van der Waals surface area contributed by atoms with E-state index < -0.39 is 47.9 Å². The van der Waals surface area contributed by atoms with E-state index in [4.69, 9.17) is 5.73 Å². The number of carbonyl (C=O) groups excluding carboxylic acids is 3. The number of hydrogen-bond donors (Lipinski definition) is 7. The Morgan fingerprint density at radius 1 is 0.921 bits per heavy atom. The highest BCUT2D eigenvalue weighted by atomic mass is 16.4. The van der Waals surface area contributed by atoms with Crippen LogP contribution in [0.2, 0.25) is 0 Å². The quantitative estimate of drug-likeness (QED) is 0.170. The number of fused-ring (bicyclic) bond motifs is 1. The first-order chi connectivity index (χ1) is 18.0. The second-order valence-electron chi connectivity index (χ2n) is 9.78. The number of nitrogens with one attached hydrogen (secondary N) is 5. The molecule has 2 aromatic heterocycles. The third-order valence-electron chi connectivity index (χ3n) is 6.08. The number of benzene rings is 1. The zero-order valence-electron chi connectivity index (χ0n) is 21.7. The predicted molar refractivity (Wildman–Crippen MR) is 141 cm³/mol. The molecular weight excluding hydrogens is 490 g/mol. The Morgan fingerprint density at radius 2 is 1.55 bits per heavy atom. The van der Waals surface area contributed by atoms with Crippen LogP contribution in [-0.4, -0.2) is 67.9 Å². The molecular formula is C26H35N7O5. The summed E-state index contributed by atoms with van der Waals surface area (Å²) in [6, 6.07) is 3.36. The van der Waals surface area contributed by atoms with E-state index in [1.165, 1.54) is 19.4 Å². The lowest BCUT2D eigenvalue weighted by Gasteiger charge is -2.25. The van der Waals surface area contributed by atoms with Crippen LogP contribution in [0.25, 0.3) is 10.9 Å². The van der Waals surface area contributed by atoms with Crippen molar-refractivity contribution in [1.82, 2.24) is 30.9 Å². The average Bonchev–Trinajstić information content (AvgIpc) is 3.52. The monoisotopic (exact) mass is 525 g/mol. The number of amides is 3. The topological polar surface area (TPSA) is 195 Å². The van der Waals surface area contributed by atoms with Crippen molar-refractivity contribution in [3.8, 4) is 0 Å². The molecule has 4 atom stereocenters. The lowest BCUT2D eigenvalue weighted by atomic mass is 10.0. The first kappa shape index (κ1) is 28.4. The number of para-hydroxylation sites is 1. The molecule has 0 aliphatic rings. The standard InChI is InChI=1S/C26H35N7O5/c1-14(2)8-22(26(37)38)33-24(35)20(9-16-11-29-19-7-5-4-6-18(16)19)32-25(36)21(31-23(34)15(3)27)10-17-12-28-13-30-17/h4-7,11-15,20-22,29H,8-10,27H2,1-3H3,(H,28,30)(H,31,34)(H,32,36)(H,33,35)(H,37,38). The Bertz CT molecular complexity index is 1250. The van der Waals surface area contributed by atoms with Crippen molar-refractivity contribution in [1.29, 1.82) is 0 Å². The van der Waals surface area contributed by atoms with Crippen LogP contribution >= 0.6 is 0 Å². The van der Waals surface area contributed by atoms with Crippen LogP contribution in [0.3, 0.4) is 0 Å². The van der Waals surface area contributed by atoms with Gasteiger partial charge in [-0.1, -0.05) is 32.0 Å². The van der Waals surface area contributed by atoms with Crippen LogP contribution in [0, 0.1) is 5.92 Å². The van der Waals surface area contributed by atoms with Crippen molar-refractivity contribution in [2.45, 2.75) is 64.2 Å². The fraction of sp³-hybridized carbons (Fsp3) is 0.423. The van der Waals surface area contributed by atoms with Gasteiger partial charge in [-0.15, -0.1) is 0 Å². The lowest BCUT2D eigenvalue weighted by Crippen LogP contribution is -2.58. The Hall–Kier alpha value is -4.19. The maximum absolute atomic E-state index is 13.4. The van der Waals surface area contributed by atoms with Gasteiger partial charge in [0, 0.05) is 41.8 Å². The summed E-state index contributed by atoms with van der Waals surface area (Å²) in [5, 5.41) is 18.4. The minimum Gasteiger partial charge on any atom is -0.480 e. The van der Waals surface area contributed by atoms with Gasteiger partial charge in [-0.3, -0.25) is 14.4 Å². The normalized spacial score (nSPS) is 14.4. The van der Waals surface area contributed by atoms with E-state index in [1.54, 1.807) is 6.20 Å². The molecule has 4 unspecified atom stereocenters. The second kappa shape index (κ2) is 12.9. The van der Waals surface area contributed by atoms with E-state index in [9.17, 15) is 24.3 Å². The molecule has 204 valence electrons. The van der Waals surface area contributed by atoms with Gasteiger partial charge in [-0.2, -0.15) is 0 Å². The van der Waals surface area contributed by atoms with Gasteiger partial charge < -0.3 is 36.8 Å². The summed E-state index contributed by atoms with van der Waals surface area (Å²) >= 11 is 0. The number of nitrogens with zero attached hydrogens (tertiary/aromatic N) is 1. The molecule has 0 fully saturated rings. The average molecular weight is 526 g/mol. The summed E-state index contributed by atoms with van der Waals surface area (Å²) in [4.78, 5) is 60.9. The van der Waals surface area contributed by atoms with E-state index in [0.29, 0.717) is 5.69 Å². The number of carbonyl (C=O) groups is 4. The number of carboxylic acid groups (broad SMARTS) is 1. The number of aromatic nitrogens is 3. The van der Waals surface area contributed by atoms with Crippen molar-refractivity contribution >= 4 is 34.6 Å². The first-order valence-electron chi connectivity index (χ1n) is 12.5. The van der Waals surface area contributed by atoms with E-state index in [-0.39, 0.29) is 25.2 Å². The summed E-state index contributed by atoms with van der Waals surface area (Å²) in [6.45, 7) is 5.21. The van der Waals surface area contributed by atoms with Crippen molar-refractivity contribution in [2.75, 3.05) is 0 Å². The van der Waals surface area contributed by atoms with Crippen LogP contribution in [0.1, 0.15) is 38.4 Å². The molecule has 8 N–H and O–H groups in total. The van der Waals surface area contributed by atoms with Gasteiger partial charge in [0.25, 0.3) is 0 Å². The summed E-state index contributed by atoms with van der Waals surface area (Å²) in [6.07, 6.45) is 5.12. The summed E-state index contributed by atoms with van der Waals surface area (Å²) < 4.78 is 0. The Kier molecular flexibility index (Phi) is 9.61. The second-order valence-corrected chi connectivity index (χ2v) is 9.78. The number of aromatic amines is 2. The molecule has 0 saturated heterocycles. The van der Waals surface area contributed by atoms with Crippen LogP contribution in [0.4, 0.5) is 0 Å². The molecule has 2 heterocycles. The molecule has 3 aromatic rings. The van der Waals surface area contributed by atoms with Crippen LogP contribution in [0.5, 0.6) is 0 Å². The van der Waals surface area contributed by atoms with Gasteiger partial charge in [0.1, 0.15) is 18.1 Å². The van der Waals surface area contributed by atoms with Gasteiger partial charge in [-0.25, -0.2) is 9.78 Å². The molecule has 0 aliphatic heterocycles. The summed E-state index contributed by atoms with van der Waals surface area (Å²) in [7, 11) is 0. The zero-order valence-corrected chi connectivity index (χ0v) is 21.7. The lowest BCUT2D eigenvalue weighted by molar-refractivity contribution is -0.142. The third-order valence-corrected chi connectivity index (χ3v) is 6.08. The smallest absolute Gasteiger partial charge is 0.326 e. The molecule has 3 amide bonds. The minimum absolute atomic E-state index is 0.0188. The molecule has 38 heavy (non-hydrogen) atoms. The maximum atomic E-state index is 13.4. The van der Waals surface area contributed by atoms with E-state index >= 15 is 0 Å². The van der Waals surface area contributed by atoms with Gasteiger partial charge in [0.05, 0.1) is 12.4 Å². The highest BCUT2D eigenvalue weighted by Gasteiger charge is 2.31. The predicted octanol–water partition coefficient (Wildman–Crippen LogP) is 0.609. The molecule has 12 heteroatoms. The van der Waals surface area contributed by atoms with Crippen LogP contribution in [0.15, 0.2) is 43.0 Å². The van der Waals surface area contributed by atoms with Gasteiger partial charge in [0.2, 0.25) is 17.7 Å². The van der Waals surface area contributed by atoms with Crippen LogP contribution in [-0.2, 0) is 32.0 Å². The molecule has 0 saturated carbocycles. The number of carboxylic acids is 1. The molecule has 0 spiro atoms. The summed E-state index contributed by atoms with van der Waals surface area (Å²) in [5.41, 5.74) is 7.90. The number of aliphatic carboxylic acids is 1. The van der Waals surface area contributed by atoms with E-state index in [2.05, 4.69) is 30.9 Å². The number of H-pyrrole nitrogens is 2. The Labute approximate surface area is 220 Å². The number of hydrogen-bond acceptors (Lipinski definition) is 6. The molecule has 3 rings (SSSR count). The molecule has 0 radical (unpaired) electrons. The first-order valence-corrected chi connectivity index (χ1v) is 12.5. The van der Waals surface area contributed by atoms with Crippen LogP contribution < -0.4 is 21.7 Å². The molecule has 0 aliphatic carbocycles. The highest BCUT2D eigenvalue weighted by Crippen LogP contribution is 2.19. The minimum atomic E-state index is -1.16. The fourth-order valence-corrected chi connectivity index (χ4v) is 4.10. The van der Waals surface area contributed by atoms with Gasteiger partial charge >= 0.3 is 5.97 Å². The summed E-state index contributed by atoms with van der Waals surface area (Å²) in [5.74, 6) is -2.94. The largest absolute Gasteiger partial charge is 0.480 e. The Morgan fingerprint density at radius 3 is 2.16 bits per heavy atom. The van der Waals surface area contributed by atoms with Crippen molar-refractivity contribution in [3.05, 3.63) is 54.2 Å². The highest BCUT2D eigenvalue weighted by molar-refractivity contribution is 5.95. The van der Waals surface area contributed by atoms with E-state index in [1.807, 2.05) is 38.1 Å². The molecule has 1 aromatic carbocycles. The Balaban J connectivity index is 1.88. The van der Waals surface area contributed by atoms with Crippen molar-refractivity contribution in [3.63, 3.8) is 0 Å². The third kappa shape index (κ3) is 7.65. The SMILES string of the molecule is CC(C)CC(NC(=O)C(Cc1c[nH]c2ccccc12)NC(=O)C(Cc1cnc[nH]1)NC(=O)C(C)N)C(=O)O. The fourth-order valence-electron chi connectivity index (χ4n) is 4.10. The number of imidazole rings is 1. The van der Waals surface area contributed by atoms with Crippen molar-refractivity contribution in [2.24, 2.45) is 11.7 Å². The number of nitrogens with two attached hydrogens (primary N) is 1. The van der Waals surface area contributed by atoms with Crippen molar-refractivity contribution < 1.29 is 24.3 Å². The van der Waals surface area contributed by atoms with E-state index in [0.717, 1.165) is 16.5 Å². The van der Waals surface area contributed by atoms with Gasteiger partial charge in [0.15, 0.2) is 0 Å². The molecule has 12 nitrogen and oxygen atoms in total. The number of rotatable bonds is 13. The maximum Gasteiger partial charge on any atom is 0.326 e. The molecule has 0 bridgehead atoms. The zero-order chi connectivity index (χ0) is 27.8. The van der Waals surface area contributed by atoms with Gasteiger partial charge in [-0.05, 0) is 30.9 Å².